The first kappa shape index (κ1) is 44.4. The highest BCUT2D eigenvalue weighted by molar-refractivity contribution is 8.47. The predicted octanol–water partition coefficient (Wildman–Crippen LogP) is 12.3. The molecule has 0 heterocycles. The SMILES string of the molecule is CCCCCCCCCCCCSC(=S)SCC(CC(C)(CC(c1ccccc1)C(C)(C)C#N)C(=O)NCCc1ccc(O)c(O)c1)c1ccccc1. The van der Waals surface area contributed by atoms with E-state index in [2.05, 4.69) is 61.6 Å². The Morgan fingerprint density at radius 2 is 1.38 bits per heavy atom. The maximum Gasteiger partial charge on any atom is 0.225 e. The van der Waals surface area contributed by atoms with E-state index in [1.165, 1.54) is 81.9 Å². The summed E-state index contributed by atoms with van der Waals surface area (Å²) in [6.45, 7) is 8.63. The van der Waals surface area contributed by atoms with E-state index in [1.54, 1.807) is 29.6 Å². The van der Waals surface area contributed by atoms with Gasteiger partial charge in [0.2, 0.25) is 5.91 Å². The van der Waals surface area contributed by atoms with Crippen molar-refractivity contribution in [3.63, 3.8) is 0 Å². The topological polar surface area (TPSA) is 93.4 Å². The largest absolute Gasteiger partial charge is 0.504 e. The summed E-state index contributed by atoms with van der Waals surface area (Å²) in [5, 5.41) is 33.3. The van der Waals surface area contributed by atoms with Crippen molar-refractivity contribution < 1.29 is 15.0 Å². The van der Waals surface area contributed by atoms with Gasteiger partial charge < -0.3 is 15.5 Å². The predicted molar refractivity (Wildman–Crippen MR) is 231 cm³/mol. The lowest BCUT2D eigenvalue weighted by Gasteiger charge is -2.39. The van der Waals surface area contributed by atoms with Gasteiger partial charge in [-0.25, -0.2) is 0 Å². The molecule has 0 aliphatic heterocycles. The Balaban J connectivity index is 1.73. The molecule has 0 saturated carbocycles. The van der Waals surface area contributed by atoms with Gasteiger partial charge in [-0.2, -0.15) is 5.26 Å². The first-order valence-electron chi connectivity index (χ1n) is 19.6. The summed E-state index contributed by atoms with van der Waals surface area (Å²) in [5.74, 6) is 1.29. The fourth-order valence-corrected chi connectivity index (χ4v) is 9.43. The Morgan fingerprint density at radius 1 is 0.792 bits per heavy atom. The van der Waals surface area contributed by atoms with Gasteiger partial charge in [-0.05, 0) is 80.0 Å². The molecular weight excluding hydrogens is 713 g/mol. The minimum atomic E-state index is -0.822. The second kappa shape index (κ2) is 23.7. The van der Waals surface area contributed by atoms with Crippen molar-refractivity contribution >= 4 is 45.2 Å². The van der Waals surface area contributed by atoms with E-state index >= 15 is 0 Å². The standard InChI is InChI=1S/C45H62N2O3S3/c1-5-6-7-8-9-10-11-12-13-20-29-52-43(51)53-33-38(36-21-16-14-17-22-36)31-45(4,32-39(44(2,3)34-46)37-23-18-15-19-24-37)42(50)47-28-27-35-25-26-40(48)41(49)30-35/h14-19,21-26,30,38-39,48-49H,5-13,20,27-29,31-33H2,1-4H3,(H,47,50). The molecule has 5 nitrogen and oxygen atoms in total. The zero-order valence-electron chi connectivity index (χ0n) is 32.4. The molecule has 0 aromatic heterocycles. The molecule has 8 heteroatoms. The number of phenolic OH excluding ortho intramolecular Hbond substituents is 2. The Kier molecular flexibility index (Phi) is 19.9. The number of nitriles is 1. The number of amides is 1. The van der Waals surface area contributed by atoms with Crippen LogP contribution in [-0.2, 0) is 11.2 Å². The number of phenols is 2. The van der Waals surface area contributed by atoms with Gasteiger partial charge in [0.1, 0.15) is 3.53 Å². The van der Waals surface area contributed by atoms with Crippen LogP contribution in [0, 0.1) is 22.2 Å². The van der Waals surface area contributed by atoms with Crippen LogP contribution in [0.4, 0.5) is 0 Å². The maximum atomic E-state index is 14.5. The van der Waals surface area contributed by atoms with Crippen LogP contribution in [0.3, 0.4) is 0 Å². The van der Waals surface area contributed by atoms with E-state index in [4.69, 9.17) is 12.2 Å². The van der Waals surface area contributed by atoms with Gasteiger partial charge in [0.15, 0.2) is 11.5 Å². The second-order valence-electron chi connectivity index (χ2n) is 15.3. The van der Waals surface area contributed by atoms with Crippen molar-refractivity contribution in [3.8, 4) is 17.6 Å². The van der Waals surface area contributed by atoms with Gasteiger partial charge in [-0.3, -0.25) is 4.79 Å². The first-order chi connectivity index (χ1) is 25.5. The summed E-state index contributed by atoms with van der Waals surface area (Å²) < 4.78 is 0.956. The molecule has 0 radical (unpaired) electrons. The van der Waals surface area contributed by atoms with Gasteiger partial charge >= 0.3 is 0 Å². The van der Waals surface area contributed by atoms with Crippen LogP contribution in [0.2, 0.25) is 0 Å². The smallest absolute Gasteiger partial charge is 0.225 e. The molecule has 1 amide bonds. The van der Waals surface area contributed by atoms with Crippen molar-refractivity contribution in [2.45, 2.75) is 123 Å². The Labute approximate surface area is 334 Å². The fraction of sp³-hybridized carbons (Fsp3) is 0.533. The van der Waals surface area contributed by atoms with Crippen LogP contribution < -0.4 is 5.32 Å². The number of carbonyl (C=O) groups excluding carboxylic acids is 1. The van der Waals surface area contributed by atoms with E-state index in [-0.39, 0.29) is 29.2 Å². The summed E-state index contributed by atoms with van der Waals surface area (Å²) in [5.41, 5.74) is 1.51. The summed E-state index contributed by atoms with van der Waals surface area (Å²) in [6.07, 6.45) is 14.8. The van der Waals surface area contributed by atoms with Crippen LogP contribution in [0.5, 0.6) is 11.5 Å². The van der Waals surface area contributed by atoms with E-state index in [1.807, 2.05) is 38.1 Å². The van der Waals surface area contributed by atoms with Crippen molar-refractivity contribution in [1.82, 2.24) is 5.32 Å². The maximum absolute atomic E-state index is 14.5. The molecule has 0 aliphatic carbocycles. The second-order valence-corrected chi connectivity index (χ2v) is 18.6. The molecule has 3 N–H and O–H groups in total. The molecular formula is C45H62N2O3S3. The Hall–Kier alpha value is -2.99. The van der Waals surface area contributed by atoms with Crippen molar-refractivity contribution in [1.29, 1.82) is 5.26 Å². The quantitative estimate of drug-likeness (QED) is 0.0474. The molecule has 3 aromatic carbocycles. The number of rotatable bonds is 24. The van der Waals surface area contributed by atoms with E-state index in [9.17, 15) is 20.3 Å². The molecule has 3 unspecified atom stereocenters. The number of hydrogen-bond donors (Lipinski definition) is 3. The molecule has 288 valence electrons. The molecule has 0 fully saturated rings. The normalized spacial score (nSPS) is 13.8. The lowest BCUT2D eigenvalue weighted by atomic mass is 9.65. The highest BCUT2D eigenvalue weighted by Crippen LogP contribution is 2.47. The fourth-order valence-electron chi connectivity index (χ4n) is 7.03. The number of thiocarbonyl (C=S) groups is 1. The van der Waals surface area contributed by atoms with Crippen LogP contribution in [0.15, 0.2) is 78.9 Å². The van der Waals surface area contributed by atoms with Crippen molar-refractivity contribution in [2.24, 2.45) is 10.8 Å². The van der Waals surface area contributed by atoms with Gasteiger partial charge in [0.05, 0.1) is 11.5 Å². The molecule has 3 rings (SSSR count). The Morgan fingerprint density at radius 3 is 1.96 bits per heavy atom. The van der Waals surface area contributed by atoms with E-state index < -0.39 is 10.8 Å². The molecule has 3 aromatic rings. The Bertz CT molecular complexity index is 1560. The van der Waals surface area contributed by atoms with Crippen LogP contribution in [0.25, 0.3) is 0 Å². The monoisotopic (exact) mass is 774 g/mol. The highest BCUT2D eigenvalue weighted by atomic mass is 32.2. The zero-order valence-corrected chi connectivity index (χ0v) is 34.9. The van der Waals surface area contributed by atoms with E-state index in [0.717, 1.165) is 26.2 Å². The number of benzene rings is 3. The number of nitrogens with one attached hydrogen (secondary N) is 1. The number of nitrogens with zero attached hydrogens (tertiary/aromatic N) is 1. The average molecular weight is 775 g/mol. The first-order valence-corrected chi connectivity index (χ1v) is 22.0. The lowest BCUT2D eigenvalue weighted by molar-refractivity contribution is -0.131. The summed E-state index contributed by atoms with van der Waals surface area (Å²) in [7, 11) is 0. The minimum Gasteiger partial charge on any atom is -0.504 e. The molecule has 0 aliphatic rings. The number of aromatic hydroxyl groups is 2. The average Bonchev–Trinajstić information content (AvgIpc) is 3.16. The van der Waals surface area contributed by atoms with Crippen molar-refractivity contribution in [2.75, 3.05) is 18.1 Å². The number of carbonyl (C=O) groups is 1. The van der Waals surface area contributed by atoms with Crippen LogP contribution in [-0.4, -0.2) is 37.7 Å². The number of unbranched alkanes of at least 4 members (excludes halogenated alkanes) is 9. The van der Waals surface area contributed by atoms with Gasteiger partial charge in [0.25, 0.3) is 0 Å². The van der Waals surface area contributed by atoms with Gasteiger partial charge in [0, 0.05) is 23.6 Å². The number of thioether (sulfide) groups is 2. The third kappa shape index (κ3) is 15.7. The van der Waals surface area contributed by atoms with Crippen LogP contribution >= 0.6 is 35.7 Å². The van der Waals surface area contributed by atoms with Crippen LogP contribution in [0.1, 0.15) is 133 Å². The third-order valence-electron chi connectivity index (χ3n) is 10.4. The highest BCUT2D eigenvalue weighted by Gasteiger charge is 2.43. The summed E-state index contributed by atoms with van der Waals surface area (Å²) in [6, 6.07) is 27.8. The molecule has 0 bridgehead atoms. The van der Waals surface area contributed by atoms with Gasteiger partial charge in [-0.1, -0.05) is 151 Å². The molecule has 0 saturated heterocycles. The van der Waals surface area contributed by atoms with Crippen molar-refractivity contribution in [3.05, 3.63) is 95.6 Å². The lowest BCUT2D eigenvalue weighted by Crippen LogP contribution is -2.43. The summed E-state index contributed by atoms with van der Waals surface area (Å²) in [4.78, 5) is 14.5. The molecule has 3 atom stereocenters. The summed E-state index contributed by atoms with van der Waals surface area (Å²) >= 11 is 9.39. The zero-order chi connectivity index (χ0) is 38.5. The molecule has 53 heavy (non-hydrogen) atoms. The van der Waals surface area contributed by atoms with Gasteiger partial charge in [-0.15, -0.1) is 23.5 Å². The minimum absolute atomic E-state index is 0.0565. The molecule has 0 spiro atoms. The third-order valence-corrected chi connectivity index (χ3v) is 13.3. The van der Waals surface area contributed by atoms with E-state index in [0.29, 0.717) is 25.8 Å². The number of hydrogen-bond acceptors (Lipinski definition) is 7.